The van der Waals surface area contributed by atoms with E-state index in [9.17, 15) is 0 Å². The molecule has 0 fully saturated rings. The second-order valence-corrected chi connectivity index (χ2v) is 2.54. The molecule has 2 nitrogen and oxygen atoms in total. The zero-order valence-electron chi connectivity index (χ0n) is 4.53. The van der Waals surface area contributed by atoms with E-state index in [1.807, 2.05) is 22.6 Å². The molecule has 0 saturated carbocycles. The molecule has 0 atom stereocenters. The highest BCUT2D eigenvalue weighted by Crippen LogP contribution is 1.93. The van der Waals surface area contributed by atoms with E-state index in [1.165, 1.54) is 6.21 Å². The van der Waals surface area contributed by atoms with Crippen molar-refractivity contribution >= 4 is 32.5 Å². The molecule has 0 rings (SSSR count). The summed E-state index contributed by atoms with van der Waals surface area (Å²) in [6.07, 6.45) is 2.86. The third-order valence-corrected chi connectivity index (χ3v) is 0.893. The highest BCUT2D eigenvalue weighted by molar-refractivity contribution is 14.1. The minimum Gasteiger partial charge on any atom is -0.308 e. The van der Waals surface area contributed by atoms with E-state index in [0.29, 0.717) is 3.72 Å². The third-order valence-electron chi connectivity index (χ3n) is 0.582. The Morgan fingerprint density at radius 2 is 2.12 bits per heavy atom. The lowest BCUT2D eigenvalue weighted by molar-refractivity contribution is 1.50. The number of halogens is 1. The molecule has 0 heterocycles. The predicted octanol–water partition coefficient (Wildman–Crippen LogP) is 1.99. The Balaban J connectivity index is 3.94. The van der Waals surface area contributed by atoms with Crippen molar-refractivity contribution in [3.63, 3.8) is 0 Å². The summed E-state index contributed by atoms with van der Waals surface area (Å²) in [5.74, 6) is 0. The molecule has 0 bridgehead atoms. The summed E-state index contributed by atoms with van der Waals surface area (Å²) in [4.78, 5) is 0. The van der Waals surface area contributed by atoms with Gasteiger partial charge in [-0.1, -0.05) is 0 Å². The van der Waals surface area contributed by atoms with Gasteiger partial charge in [0.05, 0.1) is 3.72 Å². The summed E-state index contributed by atoms with van der Waals surface area (Å²) in [6.45, 7) is 1.79. The van der Waals surface area contributed by atoms with Gasteiger partial charge in [0, 0.05) is 6.21 Å². The second-order valence-electron chi connectivity index (χ2n) is 1.38. The van der Waals surface area contributed by atoms with Crippen molar-refractivity contribution in [1.29, 1.82) is 10.8 Å². The molecule has 3 heteroatoms. The summed E-state index contributed by atoms with van der Waals surface area (Å²) < 4.78 is 0.462. The van der Waals surface area contributed by atoms with Crippen LogP contribution in [-0.2, 0) is 0 Å². The van der Waals surface area contributed by atoms with Gasteiger partial charge in [0.15, 0.2) is 0 Å². The summed E-state index contributed by atoms with van der Waals surface area (Å²) in [5.41, 5.74) is 0.810. The largest absolute Gasteiger partial charge is 0.308 e. The van der Waals surface area contributed by atoms with E-state index in [0.717, 1.165) is 5.57 Å². The Bertz CT molecular complexity index is 137. The lowest BCUT2D eigenvalue weighted by Crippen LogP contribution is -1.79. The van der Waals surface area contributed by atoms with Gasteiger partial charge in [-0.2, -0.15) is 0 Å². The Labute approximate surface area is 62.1 Å². The van der Waals surface area contributed by atoms with Crippen LogP contribution in [0.3, 0.4) is 0 Å². The summed E-state index contributed by atoms with van der Waals surface area (Å²) >= 11 is 1.88. The Morgan fingerprint density at radius 1 is 1.62 bits per heavy atom. The van der Waals surface area contributed by atoms with E-state index in [2.05, 4.69) is 0 Å². The van der Waals surface area contributed by atoms with Crippen molar-refractivity contribution in [2.24, 2.45) is 0 Å². The fraction of sp³-hybridized carbons (Fsp3) is 0.200. The molecule has 0 aliphatic carbocycles. The summed E-state index contributed by atoms with van der Waals surface area (Å²) in [7, 11) is 0. The second kappa shape index (κ2) is 3.77. The molecular formula is C5H7IN2. The van der Waals surface area contributed by atoms with E-state index in [1.54, 1.807) is 13.0 Å². The SMILES string of the molecule is C/C(C=N)=C/C(=N)I. The number of allylic oxidation sites excluding steroid dienone is 2. The Hall–Kier alpha value is -0.190. The lowest BCUT2D eigenvalue weighted by Gasteiger charge is -1.83. The van der Waals surface area contributed by atoms with E-state index >= 15 is 0 Å². The molecule has 0 aromatic rings. The minimum atomic E-state index is 0.462. The first-order chi connectivity index (χ1) is 3.66. The lowest BCUT2D eigenvalue weighted by atomic mass is 10.3. The summed E-state index contributed by atoms with van der Waals surface area (Å²) in [6, 6.07) is 0. The van der Waals surface area contributed by atoms with Crippen LogP contribution in [0, 0.1) is 10.8 Å². The normalized spacial score (nSPS) is 11.0. The molecule has 0 spiro atoms. The van der Waals surface area contributed by atoms with Gasteiger partial charge in [0.25, 0.3) is 0 Å². The smallest absolute Gasteiger partial charge is 0.0922 e. The topological polar surface area (TPSA) is 47.7 Å². The van der Waals surface area contributed by atoms with Gasteiger partial charge in [0.1, 0.15) is 0 Å². The van der Waals surface area contributed by atoms with Crippen molar-refractivity contribution < 1.29 is 0 Å². The number of hydrogen-bond acceptors (Lipinski definition) is 2. The van der Waals surface area contributed by atoms with Gasteiger partial charge in [-0.25, -0.2) is 0 Å². The number of nitrogens with one attached hydrogen (secondary N) is 2. The van der Waals surface area contributed by atoms with Crippen LogP contribution in [0.5, 0.6) is 0 Å². The van der Waals surface area contributed by atoms with Crippen molar-refractivity contribution in [1.82, 2.24) is 0 Å². The maximum Gasteiger partial charge on any atom is 0.0922 e. The zero-order chi connectivity index (χ0) is 6.57. The molecule has 8 heavy (non-hydrogen) atoms. The quantitative estimate of drug-likeness (QED) is 0.530. The maximum absolute atomic E-state index is 6.94. The van der Waals surface area contributed by atoms with Crippen LogP contribution < -0.4 is 0 Å². The first-order valence-electron chi connectivity index (χ1n) is 2.09. The summed E-state index contributed by atoms with van der Waals surface area (Å²) in [5, 5.41) is 13.6. The zero-order valence-corrected chi connectivity index (χ0v) is 6.69. The molecule has 0 aliphatic rings. The molecule has 0 aliphatic heterocycles. The van der Waals surface area contributed by atoms with Crippen LogP contribution in [-0.4, -0.2) is 9.93 Å². The van der Waals surface area contributed by atoms with Crippen LogP contribution in [0.1, 0.15) is 6.92 Å². The molecule has 2 N–H and O–H groups in total. The maximum atomic E-state index is 6.94. The molecule has 0 aromatic heterocycles. The van der Waals surface area contributed by atoms with E-state index < -0.39 is 0 Å². The molecule has 44 valence electrons. The van der Waals surface area contributed by atoms with Crippen molar-refractivity contribution in [2.45, 2.75) is 6.92 Å². The van der Waals surface area contributed by atoms with Gasteiger partial charge < -0.3 is 5.41 Å². The molecule has 0 unspecified atom stereocenters. The van der Waals surface area contributed by atoms with Gasteiger partial charge >= 0.3 is 0 Å². The fourth-order valence-electron chi connectivity index (χ4n) is 0.242. The third kappa shape index (κ3) is 3.98. The van der Waals surface area contributed by atoms with Gasteiger partial charge in [-0.15, -0.1) is 0 Å². The molecule has 0 aromatic carbocycles. The first kappa shape index (κ1) is 7.81. The average molecular weight is 222 g/mol. The minimum absolute atomic E-state index is 0.462. The number of rotatable bonds is 2. The molecule has 0 saturated heterocycles. The molecular weight excluding hydrogens is 215 g/mol. The number of hydrogen-bond donors (Lipinski definition) is 2. The Morgan fingerprint density at radius 3 is 2.25 bits per heavy atom. The fourth-order valence-corrected chi connectivity index (χ4v) is 0.733. The van der Waals surface area contributed by atoms with Crippen molar-refractivity contribution in [3.05, 3.63) is 11.6 Å². The predicted molar refractivity (Wildman–Crippen MR) is 44.3 cm³/mol. The standard InChI is InChI=1S/C5H7IN2/c1-4(3-7)2-5(6)8/h2-3,7-8H,1H3/b4-2-,7-3?,8-5?. The van der Waals surface area contributed by atoms with Crippen LogP contribution >= 0.6 is 22.6 Å². The monoisotopic (exact) mass is 222 g/mol. The Kier molecular flexibility index (Phi) is 3.68. The highest BCUT2D eigenvalue weighted by atomic mass is 127. The van der Waals surface area contributed by atoms with Crippen molar-refractivity contribution in [2.75, 3.05) is 0 Å². The van der Waals surface area contributed by atoms with E-state index in [-0.39, 0.29) is 0 Å². The molecule has 0 amide bonds. The molecule has 0 radical (unpaired) electrons. The van der Waals surface area contributed by atoms with Crippen LogP contribution in [0.4, 0.5) is 0 Å². The highest BCUT2D eigenvalue weighted by Gasteiger charge is 1.81. The van der Waals surface area contributed by atoms with Crippen LogP contribution in [0.25, 0.3) is 0 Å². The first-order valence-corrected chi connectivity index (χ1v) is 3.17. The average Bonchev–Trinajstić information content (AvgIpc) is 1.65. The van der Waals surface area contributed by atoms with Crippen LogP contribution in [0.15, 0.2) is 11.6 Å². The van der Waals surface area contributed by atoms with Gasteiger partial charge in [0.2, 0.25) is 0 Å². The van der Waals surface area contributed by atoms with Crippen molar-refractivity contribution in [3.8, 4) is 0 Å². The van der Waals surface area contributed by atoms with Crippen LogP contribution in [0.2, 0.25) is 0 Å². The van der Waals surface area contributed by atoms with Gasteiger partial charge in [-0.3, -0.25) is 5.41 Å². The van der Waals surface area contributed by atoms with Gasteiger partial charge in [-0.05, 0) is 41.2 Å². The van der Waals surface area contributed by atoms with E-state index in [4.69, 9.17) is 10.8 Å².